The van der Waals surface area contributed by atoms with Crippen molar-refractivity contribution < 1.29 is 9.59 Å². The minimum Gasteiger partial charge on any atom is -0.352 e. The van der Waals surface area contributed by atoms with Crippen LogP contribution in [-0.4, -0.2) is 33.1 Å². The minimum atomic E-state index is -0.246. The number of amides is 2. The molecule has 2 aromatic heterocycles. The van der Waals surface area contributed by atoms with Gasteiger partial charge in [0.15, 0.2) is 0 Å². The Morgan fingerprint density at radius 2 is 1.77 bits per heavy atom. The van der Waals surface area contributed by atoms with Crippen LogP contribution in [0.2, 0.25) is 0 Å². The topological polar surface area (TPSA) is 88.9 Å². The Hall–Kier alpha value is -4.26. The number of rotatable bonds is 7. The van der Waals surface area contributed by atoms with E-state index in [2.05, 4.69) is 20.7 Å². The van der Waals surface area contributed by atoms with Crippen LogP contribution < -0.4 is 10.6 Å². The minimum absolute atomic E-state index is 0.164. The van der Waals surface area contributed by atoms with Crippen LogP contribution in [0.1, 0.15) is 16.8 Å². The van der Waals surface area contributed by atoms with Crippen molar-refractivity contribution in [3.8, 4) is 16.9 Å². The fraction of sp³-hybridized carbons (Fsp3) is 0.0833. The molecular formula is C24H21N5O2. The zero-order chi connectivity index (χ0) is 21.5. The Labute approximate surface area is 179 Å². The maximum Gasteiger partial charge on any atom is 0.251 e. The fourth-order valence-corrected chi connectivity index (χ4v) is 3.17. The number of hydrogen-bond donors (Lipinski definition) is 2. The number of nitrogens with one attached hydrogen (secondary N) is 2. The van der Waals surface area contributed by atoms with Gasteiger partial charge in [-0.2, -0.15) is 5.10 Å². The van der Waals surface area contributed by atoms with Gasteiger partial charge in [0, 0.05) is 30.3 Å². The summed E-state index contributed by atoms with van der Waals surface area (Å²) in [6.07, 6.45) is 5.10. The monoisotopic (exact) mass is 411 g/mol. The molecule has 0 saturated carbocycles. The second-order valence-corrected chi connectivity index (χ2v) is 6.84. The van der Waals surface area contributed by atoms with E-state index in [1.807, 2.05) is 48.5 Å². The number of carbonyl (C=O) groups is 2. The van der Waals surface area contributed by atoms with E-state index in [1.165, 1.54) is 0 Å². The van der Waals surface area contributed by atoms with Gasteiger partial charge in [-0.05, 0) is 36.4 Å². The summed E-state index contributed by atoms with van der Waals surface area (Å²) in [5.74, 6) is -0.435. The molecule has 4 aromatic rings. The van der Waals surface area contributed by atoms with Gasteiger partial charge in [0.05, 0.1) is 29.5 Å². The molecule has 2 heterocycles. The number of anilines is 1. The van der Waals surface area contributed by atoms with E-state index in [-0.39, 0.29) is 24.8 Å². The Bertz CT molecular complexity index is 1170. The van der Waals surface area contributed by atoms with Gasteiger partial charge in [0.25, 0.3) is 5.91 Å². The second kappa shape index (κ2) is 9.49. The molecule has 2 aromatic carbocycles. The van der Waals surface area contributed by atoms with Crippen molar-refractivity contribution in [3.05, 3.63) is 97.0 Å². The van der Waals surface area contributed by atoms with Crippen LogP contribution in [0.3, 0.4) is 0 Å². The van der Waals surface area contributed by atoms with E-state index in [9.17, 15) is 9.59 Å². The third-order valence-electron chi connectivity index (χ3n) is 4.65. The van der Waals surface area contributed by atoms with Crippen LogP contribution in [0.25, 0.3) is 16.9 Å². The smallest absolute Gasteiger partial charge is 0.251 e. The summed E-state index contributed by atoms with van der Waals surface area (Å²) >= 11 is 0. The largest absolute Gasteiger partial charge is 0.352 e. The molecule has 0 aliphatic carbocycles. The molecule has 2 N–H and O–H groups in total. The molecule has 0 radical (unpaired) electrons. The molecule has 2 amide bonds. The van der Waals surface area contributed by atoms with Gasteiger partial charge in [-0.25, -0.2) is 4.68 Å². The Balaban J connectivity index is 1.39. The highest BCUT2D eigenvalue weighted by Gasteiger charge is 2.11. The molecule has 0 unspecified atom stereocenters. The first kappa shape index (κ1) is 20.0. The van der Waals surface area contributed by atoms with E-state index in [0.29, 0.717) is 11.3 Å². The van der Waals surface area contributed by atoms with E-state index < -0.39 is 0 Å². The van der Waals surface area contributed by atoms with Crippen molar-refractivity contribution in [1.82, 2.24) is 20.1 Å². The lowest BCUT2D eigenvalue weighted by atomic mass is 10.1. The third kappa shape index (κ3) is 5.02. The summed E-state index contributed by atoms with van der Waals surface area (Å²) in [5, 5.41) is 9.95. The van der Waals surface area contributed by atoms with Crippen molar-refractivity contribution in [2.75, 3.05) is 11.9 Å². The molecule has 4 rings (SSSR count). The summed E-state index contributed by atoms with van der Waals surface area (Å²) in [6.45, 7) is 0.228. The highest BCUT2D eigenvalue weighted by molar-refractivity contribution is 5.95. The van der Waals surface area contributed by atoms with Gasteiger partial charge in [0.2, 0.25) is 5.91 Å². The quantitative estimate of drug-likeness (QED) is 0.485. The predicted molar refractivity (Wildman–Crippen MR) is 119 cm³/mol. The van der Waals surface area contributed by atoms with Crippen LogP contribution in [0.4, 0.5) is 5.69 Å². The van der Waals surface area contributed by atoms with Gasteiger partial charge in [-0.3, -0.25) is 14.6 Å². The maximum absolute atomic E-state index is 12.6. The molecule has 0 fully saturated rings. The van der Waals surface area contributed by atoms with Gasteiger partial charge in [-0.15, -0.1) is 0 Å². The standard InChI is InChI=1S/C24H21N5O2/c30-23(28-20-9-5-13-25-17-20)12-14-26-24(31)19-8-4-10-21(16-19)29-22(11-15-27-29)18-6-2-1-3-7-18/h1-11,13,15-17H,12,14H2,(H,26,31)(H,28,30). The highest BCUT2D eigenvalue weighted by atomic mass is 16.2. The van der Waals surface area contributed by atoms with Crippen molar-refractivity contribution in [1.29, 1.82) is 0 Å². The summed E-state index contributed by atoms with van der Waals surface area (Å²) in [7, 11) is 0. The molecule has 31 heavy (non-hydrogen) atoms. The van der Waals surface area contributed by atoms with Crippen LogP contribution >= 0.6 is 0 Å². The lowest BCUT2D eigenvalue weighted by Crippen LogP contribution is -2.27. The van der Waals surface area contributed by atoms with Crippen LogP contribution in [0.5, 0.6) is 0 Å². The SMILES string of the molecule is O=C(CCNC(=O)c1cccc(-n2nccc2-c2ccccc2)c1)Nc1cccnc1. The number of nitrogens with zero attached hydrogens (tertiary/aromatic N) is 3. The molecule has 0 saturated heterocycles. The first-order valence-corrected chi connectivity index (χ1v) is 9.89. The molecular weight excluding hydrogens is 390 g/mol. The van der Waals surface area contributed by atoms with Crippen molar-refractivity contribution >= 4 is 17.5 Å². The zero-order valence-electron chi connectivity index (χ0n) is 16.7. The summed E-state index contributed by atoms with van der Waals surface area (Å²) in [6, 6.07) is 22.6. The lowest BCUT2D eigenvalue weighted by molar-refractivity contribution is -0.116. The van der Waals surface area contributed by atoms with E-state index >= 15 is 0 Å². The highest BCUT2D eigenvalue weighted by Crippen LogP contribution is 2.22. The van der Waals surface area contributed by atoms with Crippen molar-refractivity contribution in [2.24, 2.45) is 0 Å². The number of pyridine rings is 1. The van der Waals surface area contributed by atoms with Crippen LogP contribution in [0, 0.1) is 0 Å². The summed E-state index contributed by atoms with van der Waals surface area (Å²) in [4.78, 5) is 28.5. The molecule has 154 valence electrons. The fourth-order valence-electron chi connectivity index (χ4n) is 3.17. The van der Waals surface area contributed by atoms with Crippen molar-refractivity contribution in [3.63, 3.8) is 0 Å². The Morgan fingerprint density at radius 1 is 0.903 bits per heavy atom. The molecule has 0 bridgehead atoms. The third-order valence-corrected chi connectivity index (χ3v) is 4.65. The number of carbonyl (C=O) groups excluding carboxylic acids is 2. The number of hydrogen-bond acceptors (Lipinski definition) is 4. The van der Waals surface area contributed by atoms with E-state index in [1.54, 1.807) is 47.5 Å². The maximum atomic E-state index is 12.6. The van der Waals surface area contributed by atoms with Crippen LogP contribution in [0.15, 0.2) is 91.4 Å². The predicted octanol–water partition coefficient (Wildman–Crippen LogP) is 3.69. The van der Waals surface area contributed by atoms with E-state index in [0.717, 1.165) is 16.9 Å². The van der Waals surface area contributed by atoms with Crippen LogP contribution in [-0.2, 0) is 4.79 Å². The molecule has 0 spiro atoms. The van der Waals surface area contributed by atoms with Gasteiger partial charge < -0.3 is 10.6 Å². The number of benzene rings is 2. The summed E-state index contributed by atoms with van der Waals surface area (Å²) < 4.78 is 1.80. The molecule has 0 aliphatic heterocycles. The van der Waals surface area contributed by atoms with E-state index in [4.69, 9.17) is 0 Å². The number of aromatic nitrogens is 3. The van der Waals surface area contributed by atoms with Crippen molar-refractivity contribution in [2.45, 2.75) is 6.42 Å². The van der Waals surface area contributed by atoms with Gasteiger partial charge in [0.1, 0.15) is 0 Å². The average Bonchev–Trinajstić information content (AvgIpc) is 3.30. The Kier molecular flexibility index (Phi) is 6.13. The molecule has 7 nitrogen and oxygen atoms in total. The Morgan fingerprint density at radius 3 is 2.58 bits per heavy atom. The zero-order valence-corrected chi connectivity index (χ0v) is 16.7. The van der Waals surface area contributed by atoms with Gasteiger partial charge >= 0.3 is 0 Å². The van der Waals surface area contributed by atoms with Gasteiger partial charge in [-0.1, -0.05) is 36.4 Å². The molecule has 7 heteroatoms. The first-order chi connectivity index (χ1) is 15.2. The lowest BCUT2D eigenvalue weighted by Gasteiger charge is -2.10. The second-order valence-electron chi connectivity index (χ2n) is 6.84. The molecule has 0 atom stereocenters. The molecule has 0 aliphatic rings. The average molecular weight is 411 g/mol. The first-order valence-electron chi connectivity index (χ1n) is 9.89. The normalized spacial score (nSPS) is 10.5. The summed E-state index contributed by atoms with van der Waals surface area (Å²) in [5.41, 5.74) is 3.88.